The van der Waals surface area contributed by atoms with Crippen molar-refractivity contribution in [2.75, 3.05) is 0 Å². The van der Waals surface area contributed by atoms with Gasteiger partial charge < -0.3 is 0 Å². The van der Waals surface area contributed by atoms with Crippen molar-refractivity contribution in [1.82, 2.24) is 4.98 Å². The average molecular weight is 181 g/mol. The van der Waals surface area contributed by atoms with Gasteiger partial charge in [0.25, 0.3) is 0 Å². The van der Waals surface area contributed by atoms with Gasteiger partial charge in [0.15, 0.2) is 5.78 Å². The van der Waals surface area contributed by atoms with E-state index in [2.05, 4.69) is 4.98 Å². The van der Waals surface area contributed by atoms with Crippen LogP contribution in [0.2, 0.25) is 0 Å². The number of pyridine rings is 1. The van der Waals surface area contributed by atoms with Crippen LogP contribution >= 0.6 is 0 Å². The van der Waals surface area contributed by atoms with E-state index in [1.807, 2.05) is 30.3 Å². The van der Waals surface area contributed by atoms with Gasteiger partial charge in [-0.2, -0.15) is 0 Å². The number of aromatic nitrogens is 1. The molecule has 2 nitrogen and oxygen atoms in total. The monoisotopic (exact) mass is 181 g/mol. The van der Waals surface area contributed by atoms with Gasteiger partial charge in [-0.25, -0.2) is 0 Å². The Bertz CT molecular complexity index is 570. The van der Waals surface area contributed by atoms with E-state index in [1.54, 1.807) is 12.3 Å². The van der Waals surface area contributed by atoms with E-state index >= 15 is 0 Å². The molecule has 0 atom stereocenters. The number of nitrogens with zero attached hydrogens (tertiary/aromatic N) is 1. The third kappa shape index (κ3) is 0.852. The maximum absolute atomic E-state index is 11.6. The molecule has 1 heterocycles. The second-order valence-electron chi connectivity index (χ2n) is 3.30. The summed E-state index contributed by atoms with van der Waals surface area (Å²) in [6.07, 6.45) is 5.16. The van der Waals surface area contributed by atoms with Gasteiger partial charge in [-0.1, -0.05) is 18.2 Å². The molecule has 0 bridgehead atoms. The van der Waals surface area contributed by atoms with Gasteiger partial charge >= 0.3 is 0 Å². The van der Waals surface area contributed by atoms with Crippen molar-refractivity contribution in [3.63, 3.8) is 0 Å². The first-order valence-electron chi connectivity index (χ1n) is 4.46. The lowest BCUT2D eigenvalue weighted by Gasteiger charge is -2.02. The minimum atomic E-state index is 0.0820. The lowest BCUT2D eigenvalue weighted by atomic mass is 10.1. The summed E-state index contributed by atoms with van der Waals surface area (Å²) in [5.74, 6) is 0.0820. The van der Waals surface area contributed by atoms with E-state index in [-0.39, 0.29) is 5.78 Å². The Balaban J connectivity index is 2.50. The van der Waals surface area contributed by atoms with Crippen LogP contribution < -0.4 is 0 Å². The van der Waals surface area contributed by atoms with Crippen molar-refractivity contribution in [1.29, 1.82) is 0 Å². The zero-order valence-electron chi connectivity index (χ0n) is 7.40. The molecule has 0 spiro atoms. The Hall–Kier alpha value is -1.96. The molecule has 0 unspecified atom stereocenters. The van der Waals surface area contributed by atoms with Gasteiger partial charge in [0.1, 0.15) is 0 Å². The molecule has 0 saturated heterocycles. The Morgan fingerprint density at radius 1 is 1.07 bits per heavy atom. The number of hydrogen-bond acceptors (Lipinski definition) is 2. The largest absolute Gasteiger partial charge is 0.289 e. The molecule has 1 aromatic carbocycles. The molecule has 0 saturated carbocycles. The van der Waals surface area contributed by atoms with Gasteiger partial charge in [0.05, 0.1) is 5.52 Å². The first-order chi connectivity index (χ1) is 6.86. The fourth-order valence-electron chi connectivity index (χ4n) is 1.81. The van der Waals surface area contributed by atoms with Crippen molar-refractivity contribution in [2.45, 2.75) is 0 Å². The highest BCUT2D eigenvalue weighted by Crippen LogP contribution is 2.26. The molecule has 1 aromatic heterocycles. The highest BCUT2D eigenvalue weighted by molar-refractivity contribution is 6.20. The number of carbonyl (C=O) groups is 1. The van der Waals surface area contributed by atoms with Crippen LogP contribution in [0.4, 0.5) is 0 Å². The topological polar surface area (TPSA) is 30.0 Å². The first-order valence-corrected chi connectivity index (χ1v) is 4.46. The highest BCUT2D eigenvalue weighted by Gasteiger charge is 2.16. The maximum atomic E-state index is 11.6. The van der Waals surface area contributed by atoms with E-state index in [0.29, 0.717) is 0 Å². The molecule has 2 heteroatoms. The van der Waals surface area contributed by atoms with Crippen molar-refractivity contribution in [3.05, 3.63) is 47.7 Å². The number of benzene rings is 1. The predicted octanol–water partition coefficient (Wildman–Crippen LogP) is 2.44. The summed E-state index contributed by atoms with van der Waals surface area (Å²) in [6.45, 7) is 0. The summed E-state index contributed by atoms with van der Waals surface area (Å²) in [5, 5.41) is 0.944. The molecule has 3 rings (SSSR count). The van der Waals surface area contributed by atoms with Gasteiger partial charge in [-0.15, -0.1) is 0 Å². The van der Waals surface area contributed by atoms with E-state index in [1.165, 1.54) is 0 Å². The average Bonchev–Trinajstić information content (AvgIpc) is 2.61. The minimum Gasteiger partial charge on any atom is -0.289 e. The summed E-state index contributed by atoms with van der Waals surface area (Å²) in [4.78, 5) is 15.8. The van der Waals surface area contributed by atoms with Crippen molar-refractivity contribution >= 4 is 22.8 Å². The fraction of sp³-hybridized carbons (Fsp3) is 0. The van der Waals surface area contributed by atoms with Crippen LogP contribution in [-0.4, -0.2) is 10.8 Å². The summed E-state index contributed by atoms with van der Waals surface area (Å²) in [7, 11) is 0. The molecule has 14 heavy (non-hydrogen) atoms. The predicted molar refractivity (Wildman–Crippen MR) is 55.1 cm³/mol. The van der Waals surface area contributed by atoms with E-state index in [9.17, 15) is 4.79 Å². The Labute approximate surface area is 80.9 Å². The number of allylic oxidation sites excluding steroid dienone is 1. The van der Waals surface area contributed by atoms with E-state index < -0.39 is 0 Å². The van der Waals surface area contributed by atoms with Crippen molar-refractivity contribution in [3.8, 4) is 0 Å². The minimum absolute atomic E-state index is 0.0820. The Morgan fingerprint density at radius 2 is 1.93 bits per heavy atom. The summed E-state index contributed by atoms with van der Waals surface area (Å²) in [6, 6.07) is 7.71. The standard InChI is InChI=1S/C12H7NO/c14-11-6-5-8-7-13-10-4-2-1-3-9(10)12(8)11/h1-7H. The third-order valence-corrected chi connectivity index (χ3v) is 2.47. The molecular formula is C12H7NO. The Morgan fingerprint density at radius 3 is 2.86 bits per heavy atom. The lowest BCUT2D eigenvalue weighted by molar-refractivity contribution is 0.105. The first kappa shape index (κ1) is 7.44. The van der Waals surface area contributed by atoms with Crippen LogP contribution in [0, 0.1) is 0 Å². The fourth-order valence-corrected chi connectivity index (χ4v) is 1.81. The van der Waals surface area contributed by atoms with Crippen LogP contribution in [0.1, 0.15) is 15.9 Å². The van der Waals surface area contributed by atoms with Gasteiger partial charge in [-0.3, -0.25) is 9.78 Å². The number of ketones is 1. The van der Waals surface area contributed by atoms with Crippen LogP contribution in [0.25, 0.3) is 17.0 Å². The second-order valence-corrected chi connectivity index (χ2v) is 3.30. The molecule has 1 aliphatic rings. The zero-order chi connectivity index (χ0) is 9.54. The van der Waals surface area contributed by atoms with Crippen LogP contribution in [0.3, 0.4) is 0 Å². The van der Waals surface area contributed by atoms with Crippen LogP contribution in [0.15, 0.2) is 36.5 Å². The van der Waals surface area contributed by atoms with E-state index in [4.69, 9.17) is 0 Å². The van der Waals surface area contributed by atoms with Gasteiger partial charge in [0, 0.05) is 22.7 Å². The number of fused-ring (bicyclic) bond motifs is 3. The second kappa shape index (κ2) is 2.51. The normalized spacial score (nSPS) is 13.6. The molecule has 0 aliphatic heterocycles. The van der Waals surface area contributed by atoms with Gasteiger partial charge in [-0.05, 0) is 18.2 Å². The number of rotatable bonds is 0. The number of para-hydroxylation sites is 1. The molecule has 0 amide bonds. The highest BCUT2D eigenvalue weighted by atomic mass is 16.1. The van der Waals surface area contributed by atoms with Gasteiger partial charge in [0.2, 0.25) is 0 Å². The zero-order valence-corrected chi connectivity index (χ0v) is 7.40. The molecule has 0 N–H and O–H groups in total. The van der Waals surface area contributed by atoms with E-state index in [0.717, 1.165) is 22.0 Å². The molecule has 0 radical (unpaired) electrons. The van der Waals surface area contributed by atoms with Crippen molar-refractivity contribution in [2.24, 2.45) is 0 Å². The SMILES string of the molecule is O=C1C=Cc2cnc3ccccc3c21. The third-order valence-electron chi connectivity index (χ3n) is 2.47. The van der Waals surface area contributed by atoms with Crippen molar-refractivity contribution < 1.29 is 4.79 Å². The summed E-state index contributed by atoms with van der Waals surface area (Å²) < 4.78 is 0. The lowest BCUT2D eigenvalue weighted by Crippen LogP contribution is -1.94. The molecule has 1 aliphatic carbocycles. The summed E-state index contributed by atoms with van der Waals surface area (Å²) in [5.41, 5.74) is 2.59. The number of carbonyl (C=O) groups excluding carboxylic acids is 1. The molecular weight excluding hydrogens is 174 g/mol. The molecule has 66 valence electrons. The summed E-state index contributed by atoms with van der Waals surface area (Å²) >= 11 is 0. The van der Waals surface area contributed by atoms with Crippen LogP contribution in [-0.2, 0) is 0 Å². The molecule has 0 fully saturated rings. The maximum Gasteiger partial charge on any atom is 0.187 e. The molecule has 2 aromatic rings. The number of hydrogen-bond donors (Lipinski definition) is 0. The Kier molecular flexibility index (Phi) is 1.34. The van der Waals surface area contributed by atoms with Crippen LogP contribution in [0.5, 0.6) is 0 Å². The quantitative estimate of drug-likeness (QED) is 0.624. The smallest absolute Gasteiger partial charge is 0.187 e.